The van der Waals surface area contributed by atoms with Crippen LogP contribution in [0.2, 0.25) is 0 Å². The van der Waals surface area contributed by atoms with Crippen LogP contribution in [0.4, 0.5) is 4.79 Å². The van der Waals surface area contributed by atoms with Crippen LogP contribution in [0.15, 0.2) is 30.3 Å². The van der Waals surface area contributed by atoms with Crippen molar-refractivity contribution in [3.63, 3.8) is 0 Å². The van der Waals surface area contributed by atoms with Gasteiger partial charge >= 0.3 is 6.09 Å². The van der Waals surface area contributed by atoms with Crippen LogP contribution in [-0.2, 0) is 11.3 Å². The van der Waals surface area contributed by atoms with Crippen molar-refractivity contribution in [3.05, 3.63) is 35.9 Å². The summed E-state index contributed by atoms with van der Waals surface area (Å²) in [5.41, 5.74) is 1.01. The van der Waals surface area contributed by atoms with Crippen molar-refractivity contribution in [2.24, 2.45) is 5.92 Å². The molecule has 0 spiro atoms. The number of nitrogens with one attached hydrogen (secondary N) is 2. The van der Waals surface area contributed by atoms with Crippen molar-refractivity contribution in [3.8, 4) is 0 Å². The van der Waals surface area contributed by atoms with Crippen LogP contribution in [0.25, 0.3) is 0 Å². The fourth-order valence-electron chi connectivity index (χ4n) is 2.11. The summed E-state index contributed by atoms with van der Waals surface area (Å²) in [5.74, 6) is 0.694. The summed E-state index contributed by atoms with van der Waals surface area (Å²) in [5, 5.41) is 6.10. The number of rotatable bonds is 5. The molecular weight excluding hydrogens is 228 g/mol. The third kappa shape index (κ3) is 4.37. The third-order valence-electron chi connectivity index (χ3n) is 3.20. The predicted molar refractivity (Wildman–Crippen MR) is 70.2 cm³/mol. The lowest BCUT2D eigenvalue weighted by molar-refractivity contribution is 0.139. The second kappa shape index (κ2) is 7.01. The Kier molecular flexibility index (Phi) is 5.02. The first-order valence-electron chi connectivity index (χ1n) is 6.50. The monoisotopic (exact) mass is 248 g/mol. The highest BCUT2D eigenvalue weighted by molar-refractivity contribution is 5.67. The summed E-state index contributed by atoms with van der Waals surface area (Å²) >= 11 is 0. The fraction of sp³-hybridized carbons (Fsp3) is 0.500. The van der Waals surface area contributed by atoms with Crippen molar-refractivity contribution in [2.45, 2.75) is 19.4 Å². The minimum Gasteiger partial charge on any atom is -0.445 e. The highest BCUT2D eigenvalue weighted by Crippen LogP contribution is 2.10. The molecular formula is C14H20N2O2. The number of amides is 1. The van der Waals surface area contributed by atoms with E-state index in [4.69, 9.17) is 4.74 Å². The molecule has 0 radical (unpaired) electrons. The lowest BCUT2D eigenvalue weighted by atomic mass is 10.1. The normalized spacial score (nSPS) is 18.6. The van der Waals surface area contributed by atoms with Gasteiger partial charge in [-0.25, -0.2) is 4.79 Å². The van der Waals surface area contributed by atoms with Crippen molar-refractivity contribution >= 4 is 6.09 Å². The average molecular weight is 248 g/mol. The van der Waals surface area contributed by atoms with Gasteiger partial charge in [-0.15, -0.1) is 0 Å². The van der Waals surface area contributed by atoms with Gasteiger partial charge in [-0.1, -0.05) is 30.3 Å². The average Bonchev–Trinajstić information content (AvgIpc) is 2.91. The predicted octanol–water partition coefficient (Wildman–Crippen LogP) is 1.91. The second-order valence-electron chi connectivity index (χ2n) is 4.64. The van der Waals surface area contributed by atoms with Crippen LogP contribution >= 0.6 is 0 Å². The second-order valence-corrected chi connectivity index (χ2v) is 4.64. The van der Waals surface area contributed by atoms with Crippen molar-refractivity contribution in [1.29, 1.82) is 0 Å². The number of carbonyl (C=O) groups excluding carboxylic acids is 1. The molecule has 2 N–H and O–H groups in total. The number of hydrogen-bond donors (Lipinski definition) is 2. The van der Waals surface area contributed by atoms with Gasteiger partial charge in [-0.3, -0.25) is 0 Å². The van der Waals surface area contributed by atoms with E-state index in [0.717, 1.165) is 25.1 Å². The number of alkyl carbamates (subject to hydrolysis) is 1. The Balaban J connectivity index is 1.57. The molecule has 1 atom stereocenters. The molecule has 4 heteroatoms. The van der Waals surface area contributed by atoms with Crippen molar-refractivity contribution in [2.75, 3.05) is 19.6 Å². The van der Waals surface area contributed by atoms with E-state index < -0.39 is 0 Å². The largest absolute Gasteiger partial charge is 0.445 e. The summed E-state index contributed by atoms with van der Waals surface area (Å²) < 4.78 is 5.13. The maximum atomic E-state index is 11.4. The summed E-state index contributed by atoms with van der Waals surface area (Å²) in [7, 11) is 0. The minimum absolute atomic E-state index is 0.329. The molecule has 2 rings (SSSR count). The molecule has 4 nitrogen and oxygen atoms in total. The standard InChI is InChI=1S/C14H20N2O2/c17-14(16-9-7-12-6-8-15-10-12)18-11-13-4-2-1-3-5-13/h1-5,12,15H,6-11H2,(H,16,17). The van der Waals surface area contributed by atoms with E-state index in [2.05, 4.69) is 10.6 Å². The Morgan fingerprint density at radius 3 is 2.94 bits per heavy atom. The number of ether oxygens (including phenoxy) is 1. The van der Waals surface area contributed by atoms with Gasteiger partial charge < -0.3 is 15.4 Å². The fourth-order valence-corrected chi connectivity index (χ4v) is 2.11. The number of benzene rings is 1. The maximum Gasteiger partial charge on any atom is 0.407 e. The Morgan fingerprint density at radius 1 is 1.39 bits per heavy atom. The van der Waals surface area contributed by atoms with Crippen LogP contribution in [0.5, 0.6) is 0 Å². The van der Waals surface area contributed by atoms with E-state index in [1.165, 1.54) is 6.42 Å². The van der Waals surface area contributed by atoms with Crippen LogP contribution < -0.4 is 10.6 Å². The first-order chi connectivity index (χ1) is 8.84. The number of carbonyl (C=O) groups is 1. The highest BCUT2D eigenvalue weighted by atomic mass is 16.5. The zero-order valence-electron chi connectivity index (χ0n) is 10.5. The lowest BCUT2D eigenvalue weighted by Crippen LogP contribution is -2.27. The van der Waals surface area contributed by atoms with E-state index in [-0.39, 0.29) is 6.09 Å². The summed E-state index contributed by atoms with van der Waals surface area (Å²) in [6.45, 7) is 3.20. The molecule has 1 aliphatic rings. The third-order valence-corrected chi connectivity index (χ3v) is 3.20. The SMILES string of the molecule is O=C(NCCC1CCNC1)OCc1ccccc1. The lowest BCUT2D eigenvalue weighted by Gasteiger charge is -2.09. The van der Waals surface area contributed by atoms with Gasteiger partial charge in [0.15, 0.2) is 0 Å². The van der Waals surface area contributed by atoms with Crippen LogP contribution in [0.3, 0.4) is 0 Å². The molecule has 1 aliphatic heterocycles. The van der Waals surface area contributed by atoms with Crippen molar-refractivity contribution < 1.29 is 9.53 Å². The van der Waals surface area contributed by atoms with E-state index >= 15 is 0 Å². The molecule has 18 heavy (non-hydrogen) atoms. The smallest absolute Gasteiger partial charge is 0.407 e. The molecule has 1 aromatic carbocycles. The van der Waals surface area contributed by atoms with Crippen LogP contribution in [0.1, 0.15) is 18.4 Å². The van der Waals surface area contributed by atoms with Gasteiger partial charge in [-0.2, -0.15) is 0 Å². The van der Waals surface area contributed by atoms with Gasteiger partial charge in [-0.05, 0) is 37.4 Å². The topological polar surface area (TPSA) is 50.4 Å². The minimum atomic E-state index is -0.329. The maximum absolute atomic E-state index is 11.4. The van der Waals surface area contributed by atoms with Gasteiger partial charge in [0, 0.05) is 6.54 Å². The van der Waals surface area contributed by atoms with E-state index in [9.17, 15) is 4.79 Å². The van der Waals surface area contributed by atoms with Gasteiger partial charge in [0.1, 0.15) is 6.61 Å². The molecule has 0 bridgehead atoms. The highest BCUT2D eigenvalue weighted by Gasteiger charge is 2.14. The van der Waals surface area contributed by atoms with Crippen LogP contribution in [-0.4, -0.2) is 25.7 Å². The molecule has 1 amide bonds. The molecule has 0 aromatic heterocycles. The summed E-state index contributed by atoms with van der Waals surface area (Å²) in [4.78, 5) is 11.4. The van der Waals surface area contributed by atoms with Crippen LogP contribution in [0, 0.1) is 5.92 Å². The molecule has 1 heterocycles. The van der Waals surface area contributed by atoms with Gasteiger partial charge in [0.2, 0.25) is 0 Å². The van der Waals surface area contributed by atoms with Crippen molar-refractivity contribution in [1.82, 2.24) is 10.6 Å². The van der Waals surface area contributed by atoms with E-state index in [0.29, 0.717) is 19.1 Å². The summed E-state index contributed by atoms with van der Waals surface area (Å²) in [6, 6.07) is 9.70. The zero-order valence-corrected chi connectivity index (χ0v) is 10.5. The first kappa shape index (κ1) is 12.9. The zero-order chi connectivity index (χ0) is 12.6. The van der Waals surface area contributed by atoms with E-state index in [1.54, 1.807) is 0 Å². The quantitative estimate of drug-likeness (QED) is 0.837. The van der Waals surface area contributed by atoms with Gasteiger partial charge in [0.25, 0.3) is 0 Å². The molecule has 98 valence electrons. The molecule has 0 aliphatic carbocycles. The Morgan fingerprint density at radius 2 is 2.22 bits per heavy atom. The summed E-state index contributed by atoms with van der Waals surface area (Å²) in [6.07, 6.45) is 1.90. The molecule has 1 aromatic rings. The van der Waals surface area contributed by atoms with E-state index in [1.807, 2.05) is 30.3 Å². The molecule has 0 saturated carbocycles. The Bertz CT molecular complexity index is 361. The van der Waals surface area contributed by atoms with Gasteiger partial charge in [0.05, 0.1) is 0 Å². The molecule has 1 saturated heterocycles. The molecule has 1 fully saturated rings. The Labute approximate surface area is 108 Å². The Hall–Kier alpha value is -1.55. The number of hydrogen-bond acceptors (Lipinski definition) is 3. The first-order valence-corrected chi connectivity index (χ1v) is 6.50. The molecule has 1 unspecified atom stereocenters.